The van der Waals surface area contributed by atoms with E-state index >= 15 is 0 Å². The van der Waals surface area contributed by atoms with Crippen molar-refractivity contribution in [2.75, 3.05) is 6.61 Å². The third-order valence-electron chi connectivity index (χ3n) is 2.74. The normalized spacial score (nSPS) is 10.8. The average Bonchev–Trinajstić information content (AvgIpc) is 2.35. The Hall–Kier alpha value is -1.05. The first kappa shape index (κ1) is 16.9. The van der Waals surface area contributed by atoms with Gasteiger partial charge < -0.3 is 4.74 Å². The molecule has 0 heterocycles. The van der Waals surface area contributed by atoms with Gasteiger partial charge in [0, 0.05) is 5.57 Å². The van der Waals surface area contributed by atoms with Crippen LogP contribution in [0.5, 0.6) is 0 Å². The van der Waals surface area contributed by atoms with Crippen LogP contribution in [0.2, 0.25) is 0 Å². The number of unbranched alkanes of at least 4 members (excludes halogenated alkanes) is 6. The molecule has 0 saturated heterocycles. The molecule has 0 aliphatic rings. The Bertz CT molecular complexity index is 254. The van der Waals surface area contributed by atoms with Gasteiger partial charge in [0.15, 0.2) is 0 Å². The van der Waals surface area contributed by atoms with Crippen molar-refractivity contribution in [1.29, 1.82) is 0 Å². The highest BCUT2D eigenvalue weighted by atomic mass is 16.5. The molecular weight excluding hydrogens is 224 g/mol. The number of rotatable bonds is 11. The molecule has 0 aromatic heterocycles. The second-order valence-corrected chi connectivity index (χ2v) is 4.73. The number of hydrogen-bond acceptors (Lipinski definition) is 2. The van der Waals surface area contributed by atoms with Gasteiger partial charge in [0.25, 0.3) is 0 Å². The highest BCUT2D eigenvalue weighted by Crippen LogP contribution is 2.05. The van der Waals surface area contributed by atoms with E-state index in [0.29, 0.717) is 12.2 Å². The number of allylic oxidation sites excluding steroid dienone is 2. The fourth-order valence-electron chi connectivity index (χ4n) is 1.56. The molecule has 0 atom stereocenters. The predicted molar refractivity (Wildman–Crippen MR) is 77.5 cm³/mol. The van der Waals surface area contributed by atoms with Gasteiger partial charge in [-0.3, -0.25) is 0 Å². The molecular formula is C16H28O2. The summed E-state index contributed by atoms with van der Waals surface area (Å²) in [5.41, 5.74) is 0.479. The summed E-state index contributed by atoms with van der Waals surface area (Å²) in [5.74, 6) is -0.270. The van der Waals surface area contributed by atoms with Crippen molar-refractivity contribution < 1.29 is 9.53 Å². The zero-order chi connectivity index (χ0) is 13.6. The van der Waals surface area contributed by atoms with Gasteiger partial charge in [-0.05, 0) is 32.6 Å². The third-order valence-corrected chi connectivity index (χ3v) is 2.74. The maximum absolute atomic E-state index is 11.1. The maximum Gasteiger partial charge on any atom is 0.333 e. The number of carbonyl (C=O) groups excluding carboxylic acids is 1. The number of hydrogen-bond donors (Lipinski definition) is 0. The molecule has 0 rings (SSSR count). The van der Waals surface area contributed by atoms with Crippen LogP contribution in [-0.2, 0) is 9.53 Å². The molecule has 2 heteroatoms. The number of carbonyl (C=O) groups is 1. The second kappa shape index (κ2) is 12.4. The van der Waals surface area contributed by atoms with Crippen molar-refractivity contribution in [3.05, 3.63) is 24.3 Å². The van der Waals surface area contributed by atoms with Gasteiger partial charge in [-0.2, -0.15) is 0 Å². The smallest absolute Gasteiger partial charge is 0.333 e. The standard InChI is InChI=1S/C16H28O2/c1-4-5-6-7-8-9-10-11-12-13-14-18-16(17)15(2)3/h7-8H,2,4-6,9-14H2,1,3H3/b8-7+. The molecule has 0 saturated carbocycles. The lowest BCUT2D eigenvalue weighted by Gasteiger charge is -2.03. The lowest BCUT2D eigenvalue weighted by Crippen LogP contribution is -2.05. The molecule has 0 aliphatic heterocycles. The van der Waals surface area contributed by atoms with Crippen molar-refractivity contribution >= 4 is 5.97 Å². The van der Waals surface area contributed by atoms with Crippen LogP contribution in [0, 0.1) is 0 Å². The zero-order valence-corrected chi connectivity index (χ0v) is 12.0. The molecule has 2 nitrogen and oxygen atoms in total. The van der Waals surface area contributed by atoms with Crippen molar-refractivity contribution in [2.24, 2.45) is 0 Å². The van der Waals surface area contributed by atoms with E-state index in [1.54, 1.807) is 6.92 Å². The minimum absolute atomic E-state index is 0.270. The Morgan fingerprint density at radius 3 is 2.28 bits per heavy atom. The summed E-state index contributed by atoms with van der Waals surface area (Å²) in [6, 6.07) is 0. The summed E-state index contributed by atoms with van der Waals surface area (Å²) in [7, 11) is 0. The van der Waals surface area contributed by atoms with Crippen LogP contribution in [0.1, 0.15) is 65.2 Å². The Labute approximate surface area is 112 Å². The van der Waals surface area contributed by atoms with Gasteiger partial charge in [-0.25, -0.2) is 4.79 Å². The van der Waals surface area contributed by atoms with Crippen molar-refractivity contribution in [3.8, 4) is 0 Å². The minimum Gasteiger partial charge on any atom is -0.462 e. The Morgan fingerprint density at radius 2 is 1.67 bits per heavy atom. The number of esters is 1. The van der Waals surface area contributed by atoms with Gasteiger partial charge in [0.05, 0.1) is 6.61 Å². The fraction of sp³-hybridized carbons (Fsp3) is 0.688. The van der Waals surface area contributed by atoms with Crippen LogP contribution in [0.15, 0.2) is 24.3 Å². The number of ether oxygens (including phenoxy) is 1. The van der Waals surface area contributed by atoms with E-state index in [-0.39, 0.29) is 5.97 Å². The van der Waals surface area contributed by atoms with E-state index in [2.05, 4.69) is 25.7 Å². The second-order valence-electron chi connectivity index (χ2n) is 4.73. The van der Waals surface area contributed by atoms with E-state index < -0.39 is 0 Å². The molecule has 18 heavy (non-hydrogen) atoms. The highest BCUT2D eigenvalue weighted by molar-refractivity contribution is 5.86. The van der Waals surface area contributed by atoms with E-state index in [9.17, 15) is 4.79 Å². The Kier molecular flexibility index (Phi) is 11.7. The first-order valence-electron chi connectivity index (χ1n) is 7.16. The summed E-state index contributed by atoms with van der Waals surface area (Å²) in [4.78, 5) is 11.1. The molecule has 0 aliphatic carbocycles. The van der Waals surface area contributed by atoms with E-state index in [0.717, 1.165) is 12.8 Å². The topological polar surface area (TPSA) is 26.3 Å². The summed E-state index contributed by atoms with van der Waals surface area (Å²) in [6.45, 7) is 7.96. The SMILES string of the molecule is C=C(C)C(=O)OCCCCCC/C=C/CCCC. The van der Waals surface area contributed by atoms with Crippen LogP contribution in [0.4, 0.5) is 0 Å². The van der Waals surface area contributed by atoms with Crippen molar-refractivity contribution in [3.63, 3.8) is 0 Å². The molecule has 104 valence electrons. The molecule has 0 spiro atoms. The molecule has 0 aromatic carbocycles. The molecule has 0 aromatic rings. The van der Waals surface area contributed by atoms with Gasteiger partial charge >= 0.3 is 5.97 Å². The molecule has 0 N–H and O–H groups in total. The minimum atomic E-state index is -0.270. The Morgan fingerprint density at radius 1 is 1.06 bits per heavy atom. The van der Waals surface area contributed by atoms with Crippen molar-refractivity contribution in [1.82, 2.24) is 0 Å². The van der Waals surface area contributed by atoms with Gasteiger partial charge in [0.1, 0.15) is 0 Å². The quantitative estimate of drug-likeness (QED) is 0.228. The predicted octanol–water partition coefficient (Wildman–Crippen LogP) is 4.80. The van der Waals surface area contributed by atoms with E-state index in [4.69, 9.17) is 4.74 Å². The molecule has 0 fully saturated rings. The van der Waals surface area contributed by atoms with Crippen LogP contribution >= 0.6 is 0 Å². The monoisotopic (exact) mass is 252 g/mol. The van der Waals surface area contributed by atoms with Crippen LogP contribution in [-0.4, -0.2) is 12.6 Å². The first-order valence-corrected chi connectivity index (χ1v) is 7.16. The Balaban J connectivity index is 3.19. The largest absolute Gasteiger partial charge is 0.462 e. The van der Waals surface area contributed by atoms with Crippen LogP contribution in [0.25, 0.3) is 0 Å². The summed E-state index contributed by atoms with van der Waals surface area (Å²) in [5, 5.41) is 0. The zero-order valence-electron chi connectivity index (χ0n) is 12.0. The molecule has 0 radical (unpaired) electrons. The lowest BCUT2D eigenvalue weighted by atomic mass is 10.1. The maximum atomic E-state index is 11.1. The van der Waals surface area contributed by atoms with Crippen molar-refractivity contribution in [2.45, 2.75) is 65.2 Å². The average molecular weight is 252 g/mol. The molecule has 0 amide bonds. The molecule has 0 unspecified atom stereocenters. The van der Waals surface area contributed by atoms with E-state index in [1.165, 1.54) is 38.5 Å². The summed E-state index contributed by atoms with van der Waals surface area (Å²) >= 11 is 0. The van der Waals surface area contributed by atoms with Gasteiger partial charge in [0.2, 0.25) is 0 Å². The molecule has 0 bridgehead atoms. The lowest BCUT2D eigenvalue weighted by molar-refractivity contribution is -0.139. The van der Waals surface area contributed by atoms with Crippen LogP contribution < -0.4 is 0 Å². The highest BCUT2D eigenvalue weighted by Gasteiger charge is 2.01. The first-order chi connectivity index (χ1) is 8.68. The van der Waals surface area contributed by atoms with Gasteiger partial charge in [-0.15, -0.1) is 0 Å². The van der Waals surface area contributed by atoms with Gasteiger partial charge in [-0.1, -0.05) is 51.3 Å². The summed E-state index contributed by atoms with van der Waals surface area (Å²) < 4.78 is 5.02. The summed E-state index contributed by atoms with van der Waals surface area (Å²) in [6.07, 6.45) is 14.1. The third kappa shape index (κ3) is 11.4. The van der Waals surface area contributed by atoms with E-state index in [1.807, 2.05) is 0 Å². The fourth-order valence-corrected chi connectivity index (χ4v) is 1.56. The van der Waals surface area contributed by atoms with Crippen LogP contribution in [0.3, 0.4) is 0 Å².